The maximum absolute atomic E-state index is 13.0. The van der Waals surface area contributed by atoms with Gasteiger partial charge < -0.3 is 23.5 Å². The molecular weight excluding hydrogens is 430 g/mol. The number of likely N-dealkylation sites (tertiary alicyclic amines) is 1. The number of carbonyl (C=O) groups is 1. The van der Waals surface area contributed by atoms with E-state index in [2.05, 4.69) is 10.2 Å². The molecule has 0 N–H and O–H groups in total. The summed E-state index contributed by atoms with van der Waals surface area (Å²) in [5.41, 5.74) is 1.78. The Bertz CT molecular complexity index is 1070. The summed E-state index contributed by atoms with van der Waals surface area (Å²) in [7, 11) is 4.86. The molecule has 2 heterocycles. The Morgan fingerprint density at radius 3 is 2.53 bits per heavy atom. The van der Waals surface area contributed by atoms with Crippen molar-refractivity contribution in [1.82, 2.24) is 15.1 Å². The smallest absolute Gasteiger partial charge is 0.277 e. The lowest BCUT2D eigenvalue weighted by Crippen LogP contribution is -2.32. The predicted octanol–water partition coefficient (Wildman–Crippen LogP) is 4.22. The molecule has 4 rings (SSSR count). The third kappa shape index (κ3) is 4.67. The average Bonchev–Trinajstić information content (AvgIpc) is 3.52. The molecule has 1 aliphatic rings. The Morgan fingerprint density at radius 2 is 1.81 bits per heavy atom. The van der Waals surface area contributed by atoms with Crippen LogP contribution < -0.4 is 14.2 Å². The molecule has 1 amide bonds. The molecule has 0 bridgehead atoms. The Balaban J connectivity index is 1.41. The number of rotatable bonds is 8. The fourth-order valence-corrected chi connectivity index (χ4v) is 4.46. The molecule has 9 heteroatoms. The van der Waals surface area contributed by atoms with E-state index in [4.69, 9.17) is 18.6 Å². The first-order valence-electron chi connectivity index (χ1n) is 10.2. The lowest BCUT2D eigenvalue weighted by Gasteiger charge is -2.26. The number of ether oxygens (including phenoxy) is 3. The second-order valence-electron chi connectivity index (χ2n) is 7.24. The summed E-state index contributed by atoms with van der Waals surface area (Å²) in [4.78, 5) is 14.9. The molecule has 168 valence electrons. The van der Waals surface area contributed by atoms with Gasteiger partial charge >= 0.3 is 0 Å². The van der Waals surface area contributed by atoms with Crippen LogP contribution in [0.4, 0.5) is 0 Å². The van der Waals surface area contributed by atoms with Crippen LogP contribution in [0.2, 0.25) is 0 Å². The van der Waals surface area contributed by atoms with E-state index < -0.39 is 0 Å². The molecule has 3 aromatic rings. The molecule has 1 aliphatic heterocycles. The quantitative estimate of drug-likeness (QED) is 0.467. The van der Waals surface area contributed by atoms with Gasteiger partial charge in [-0.2, -0.15) is 0 Å². The van der Waals surface area contributed by atoms with E-state index in [9.17, 15) is 4.79 Å². The van der Waals surface area contributed by atoms with E-state index in [1.165, 1.54) is 11.8 Å². The number of amides is 1. The minimum Gasteiger partial charge on any atom is -0.497 e. The third-order valence-corrected chi connectivity index (χ3v) is 6.24. The van der Waals surface area contributed by atoms with Gasteiger partial charge in [0, 0.05) is 23.7 Å². The van der Waals surface area contributed by atoms with Crippen LogP contribution in [0.15, 0.2) is 52.1 Å². The highest BCUT2D eigenvalue weighted by Gasteiger charge is 2.32. The molecule has 0 aliphatic carbocycles. The van der Waals surface area contributed by atoms with Crippen LogP contribution in [0, 0.1) is 0 Å². The van der Waals surface area contributed by atoms with Crippen molar-refractivity contribution in [2.45, 2.75) is 24.1 Å². The first kappa shape index (κ1) is 22.0. The Hall–Kier alpha value is -3.20. The van der Waals surface area contributed by atoms with Crippen LogP contribution in [0.5, 0.6) is 17.2 Å². The number of carbonyl (C=O) groups excluding carboxylic acids is 1. The minimum atomic E-state index is -0.0264. The van der Waals surface area contributed by atoms with Crippen molar-refractivity contribution >= 4 is 17.7 Å². The van der Waals surface area contributed by atoms with Gasteiger partial charge in [0.15, 0.2) is 0 Å². The van der Waals surface area contributed by atoms with Crippen molar-refractivity contribution in [3.05, 3.63) is 48.0 Å². The Morgan fingerprint density at radius 1 is 1.06 bits per heavy atom. The third-order valence-electron chi connectivity index (χ3n) is 5.44. The number of nitrogens with zero attached hydrogens (tertiary/aromatic N) is 3. The van der Waals surface area contributed by atoms with Crippen LogP contribution in [0.1, 0.15) is 24.4 Å². The normalized spacial score (nSPS) is 15.6. The van der Waals surface area contributed by atoms with Crippen LogP contribution in [0.3, 0.4) is 0 Å². The second-order valence-corrected chi connectivity index (χ2v) is 8.17. The zero-order valence-electron chi connectivity index (χ0n) is 18.2. The van der Waals surface area contributed by atoms with Crippen LogP contribution in [-0.4, -0.2) is 54.6 Å². The molecule has 1 saturated heterocycles. The zero-order chi connectivity index (χ0) is 22.5. The van der Waals surface area contributed by atoms with Crippen LogP contribution in [-0.2, 0) is 4.79 Å². The molecule has 2 aromatic carbocycles. The first-order chi connectivity index (χ1) is 15.6. The lowest BCUT2D eigenvalue weighted by molar-refractivity contribution is -0.129. The lowest BCUT2D eigenvalue weighted by atomic mass is 10.0. The molecule has 1 aromatic heterocycles. The van der Waals surface area contributed by atoms with Crippen molar-refractivity contribution in [3.8, 4) is 28.7 Å². The number of hydrogen-bond acceptors (Lipinski definition) is 8. The monoisotopic (exact) mass is 455 g/mol. The van der Waals surface area contributed by atoms with Gasteiger partial charge in [-0.05, 0) is 49.2 Å². The number of thioether (sulfide) groups is 1. The van der Waals surface area contributed by atoms with Gasteiger partial charge in [0.1, 0.15) is 17.2 Å². The fourth-order valence-electron chi connectivity index (χ4n) is 3.81. The molecule has 0 spiro atoms. The van der Waals surface area contributed by atoms with Gasteiger partial charge in [-0.25, -0.2) is 0 Å². The fraction of sp³-hybridized carbons (Fsp3) is 0.348. The van der Waals surface area contributed by atoms with Crippen LogP contribution in [0.25, 0.3) is 11.5 Å². The first-order valence-corrected chi connectivity index (χ1v) is 11.2. The molecule has 1 fully saturated rings. The van der Waals surface area contributed by atoms with Crippen molar-refractivity contribution in [2.24, 2.45) is 0 Å². The van der Waals surface area contributed by atoms with Crippen molar-refractivity contribution in [1.29, 1.82) is 0 Å². The Labute approximate surface area is 190 Å². The zero-order valence-corrected chi connectivity index (χ0v) is 19.1. The van der Waals surface area contributed by atoms with Crippen molar-refractivity contribution in [3.63, 3.8) is 0 Å². The van der Waals surface area contributed by atoms with Crippen molar-refractivity contribution in [2.75, 3.05) is 33.6 Å². The summed E-state index contributed by atoms with van der Waals surface area (Å²) < 4.78 is 21.7. The summed E-state index contributed by atoms with van der Waals surface area (Å²) in [6, 6.07) is 13.1. The Kier molecular flexibility index (Phi) is 6.84. The van der Waals surface area contributed by atoms with E-state index in [0.29, 0.717) is 17.7 Å². The van der Waals surface area contributed by atoms with E-state index in [1.54, 1.807) is 21.3 Å². The van der Waals surface area contributed by atoms with Gasteiger partial charge in [0.05, 0.1) is 33.1 Å². The minimum absolute atomic E-state index is 0.0264. The maximum Gasteiger partial charge on any atom is 0.277 e. The highest BCUT2D eigenvalue weighted by atomic mass is 32.2. The predicted molar refractivity (Wildman–Crippen MR) is 120 cm³/mol. The highest BCUT2D eigenvalue weighted by Crippen LogP contribution is 2.39. The topological polar surface area (TPSA) is 86.9 Å². The van der Waals surface area contributed by atoms with E-state index in [-0.39, 0.29) is 17.7 Å². The second kappa shape index (κ2) is 9.95. The maximum atomic E-state index is 13.0. The highest BCUT2D eigenvalue weighted by molar-refractivity contribution is 7.99. The standard InChI is InChI=1S/C23H25N3O5S/c1-28-16-8-6-15(7-9-16)22-24-25-23(31-22)32-14-21(27)26-12-4-5-19(26)18-11-10-17(29-2)13-20(18)30-3/h6-11,13,19H,4-5,12,14H2,1-3H3. The number of aromatic nitrogens is 2. The summed E-state index contributed by atoms with van der Waals surface area (Å²) in [6.07, 6.45) is 1.83. The van der Waals surface area contributed by atoms with Gasteiger partial charge in [-0.15, -0.1) is 10.2 Å². The van der Waals surface area contributed by atoms with E-state index in [0.717, 1.165) is 41.2 Å². The number of methoxy groups -OCH3 is 3. The molecule has 0 saturated carbocycles. The summed E-state index contributed by atoms with van der Waals surface area (Å²) >= 11 is 1.24. The van der Waals surface area contributed by atoms with Crippen LogP contribution >= 0.6 is 11.8 Å². The molecule has 1 unspecified atom stereocenters. The molecule has 1 atom stereocenters. The largest absolute Gasteiger partial charge is 0.497 e. The van der Waals surface area contributed by atoms with Gasteiger partial charge in [-0.1, -0.05) is 11.8 Å². The average molecular weight is 456 g/mol. The van der Waals surface area contributed by atoms with Gasteiger partial charge in [0.2, 0.25) is 11.8 Å². The number of benzene rings is 2. The molecule has 0 radical (unpaired) electrons. The summed E-state index contributed by atoms with van der Waals surface area (Å²) in [5, 5.41) is 8.52. The summed E-state index contributed by atoms with van der Waals surface area (Å²) in [5.74, 6) is 2.86. The van der Waals surface area contributed by atoms with Gasteiger partial charge in [-0.3, -0.25) is 4.79 Å². The van der Waals surface area contributed by atoms with E-state index in [1.807, 2.05) is 47.4 Å². The molecule has 32 heavy (non-hydrogen) atoms. The SMILES string of the molecule is COc1ccc(-c2nnc(SCC(=O)N3CCCC3c3ccc(OC)cc3OC)o2)cc1. The van der Waals surface area contributed by atoms with E-state index >= 15 is 0 Å². The molecule has 8 nitrogen and oxygen atoms in total. The number of hydrogen-bond donors (Lipinski definition) is 0. The molecular formula is C23H25N3O5S. The van der Waals surface area contributed by atoms with Gasteiger partial charge in [0.25, 0.3) is 5.22 Å². The van der Waals surface area contributed by atoms with Crippen molar-refractivity contribution < 1.29 is 23.4 Å². The summed E-state index contributed by atoms with van der Waals surface area (Å²) in [6.45, 7) is 0.709.